The van der Waals surface area contributed by atoms with Crippen molar-refractivity contribution in [2.75, 3.05) is 7.05 Å². The van der Waals surface area contributed by atoms with E-state index in [0.717, 1.165) is 10.6 Å². The predicted octanol–water partition coefficient (Wildman–Crippen LogP) is 2.17. The summed E-state index contributed by atoms with van der Waals surface area (Å²) in [6, 6.07) is 9.13. The minimum absolute atomic E-state index is 0.276. The molecule has 0 spiro atoms. The van der Waals surface area contributed by atoms with Crippen molar-refractivity contribution in [1.82, 2.24) is 14.0 Å². The van der Waals surface area contributed by atoms with E-state index in [1.807, 2.05) is 42.6 Å². The van der Waals surface area contributed by atoms with Crippen molar-refractivity contribution < 1.29 is 8.42 Å². The van der Waals surface area contributed by atoms with E-state index in [0.29, 0.717) is 0 Å². The Morgan fingerprint density at radius 3 is 2.65 bits per heavy atom. The van der Waals surface area contributed by atoms with Crippen molar-refractivity contribution in [3.63, 3.8) is 0 Å². The maximum Gasteiger partial charge on any atom is 0.280 e. The maximum absolute atomic E-state index is 12.2. The van der Waals surface area contributed by atoms with Crippen LogP contribution >= 0.6 is 11.3 Å². The van der Waals surface area contributed by atoms with Crippen molar-refractivity contribution in [1.29, 1.82) is 0 Å². The van der Waals surface area contributed by atoms with Gasteiger partial charge in [0.15, 0.2) is 0 Å². The Kier molecular flexibility index (Phi) is 4.87. The van der Waals surface area contributed by atoms with Crippen LogP contribution in [0.1, 0.15) is 23.5 Å². The van der Waals surface area contributed by atoms with Crippen molar-refractivity contribution in [2.24, 2.45) is 0 Å². The molecule has 108 valence electrons. The Hall–Kier alpha value is -1.28. The molecular weight excluding hydrogens is 294 g/mol. The van der Waals surface area contributed by atoms with E-state index in [2.05, 4.69) is 9.71 Å². The van der Waals surface area contributed by atoms with Crippen molar-refractivity contribution in [3.05, 3.63) is 52.5 Å². The van der Waals surface area contributed by atoms with Crippen LogP contribution in [0, 0.1) is 0 Å². The highest BCUT2D eigenvalue weighted by atomic mass is 32.2. The van der Waals surface area contributed by atoms with Crippen LogP contribution in [-0.2, 0) is 16.8 Å². The van der Waals surface area contributed by atoms with E-state index < -0.39 is 10.2 Å². The molecule has 1 atom stereocenters. The Balaban J connectivity index is 2.03. The van der Waals surface area contributed by atoms with Crippen LogP contribution in [0.5, 0.6) is 0 Å². The van der Waals surface area contributed by atoms with Crippen LogP contribution in [0.3, 0.4) is 0 Å². The minimum Gasteiger partial charge on any atom is -0.248 e. The second-order valence-electron chi connectivity index (χ2n) is 4.37. The number of nitrogens with one attached hydrogen (secondary N) is 1. The molecule has 2 rings (SSSR count). The van der Waals surface area contributed by atoms with Gasteiger partial charge in [0, 0.05) is 25.2 Å². The first-order valence-electron chi connectivity index (χ1n) is 6.16. The molecule has 0 aliphatic carbocycles. The fourth-order valence-corrected chi connectivity index (χ4v) is 3.55. The lowest BCUT2D eigenvalue weighted by Gasteiger charge is -2.22. The second kappa shape index (κ2) is 6.45. The number of aromatic nitrogens is 1. The summed E-state index contributed by atoms with van der Waals surface area (Å²) in [5, 5.41) is 2.61. The molecule has 0 radical (unpaired) electrons. The molecule has 0 saturated heterocycles. The van der Waals surface area contributed by atoms with Gasteiger partial charge in [-0.2, -0.15) is 17.4 Å². The SMILES string of the molecule is C[C@H](c1nccs1)N(C)S(=O)(=O)NCc1ccccc1. The smallest absolute Gasteiger partial charge is 0.248 e. The summed E-state index contributed by atoms with van der Waals surface area (Å²) in [4.78, 5) is 4.15. The second-order valence-corrected chi connectivity index (χ2v) is 7.12. The normalized spacial score (nSPS) is 13.6. The zero-order valence-corrected chi connectivity index (χ0v) is 13.0. The summed E-state index contributed by atoms with van der Waals surface area (Å²) in [5.41, 5.74) is 0.923. The lowest BCUT2D eigenvalue weighted by molar-refractivity contribution is 0.389. The topological polar surface area (TPSA) is 62.3 Å². The summed E-state index contributed by atoms with van der Waals surface area (Å²) >= 11 is 1.44. The van der Waals surface area contributed by atoms with E-state index in [4.69, 9.17) is 0 Å². The predicted molar refractivity (Wildman–Crippen MR) is 80.5 cm³/mol. The molecule has 7 heteroatoms. The maximum atomic E-state index is 12.2. The van der Waals surface area contributed by atoms with E-state index in [-0.39, 0.29) is 12.6 Å². The van der Waals surface area contributed by atoms with Gasteiger partial charge in [-0.15, -0.1) is 11.3 Å². The Bertz CT molecular complexity index is 627. The van der Waals surface area contributed by atoms with Gasteiger partial charge in [0.25, 0.3) is 10.2 Å². The van der Waals surface area contributed by atoms with E-state index in [1.54, 1.807) is 13.2 Å². The highest BCUT2D eigenvalue weighted by Crippen LogP contribution is 2.22. The first-order chi connectivity index (χ1) is 9.50. The Morgan fingerprint density at radius 1 is 1.35 bits per heavy atom. The number of hydrogen-bond donors (Lipinski definition) is 1. The summed E-state index contributed by atoms with van der Waals surface area (Å²) in [6.45, 7) is 2.10. The molecular formula is C13H17N3O2S2. The lowest BCUT2D eigenvalue weighted by atomic mass is 10.2. The van der Waals surface area contributed by atoms with Gasteiger partial charge >= 0.3 is 0 Å². The van der Waals surface area contributed by atoms with E-state index >= 15 is 0 Å². The first kappa shape index (κ1) is 15.1. The number of hydrogen-bond acceptors (Lipinski definition) is 4. The third kappa shape index (κ3) is 3.63. The van der Waals surface area contributed by atoms with Crippen LogP contribution in [-0.4, -0.2) is 24.8 Å². The van der Waals surface area contributed by atoms with Crippen LogP contribution < -0.4 is 4.72 Å². The van der Waals surface area contributed by atoms with Crippen molar-refractivity contribution in [2.45, 2.75) is 19.5 Å². The molecule has 0 amide bonds. The summed E-state index contributed by atoms with van der Waals surface area (Å²) in [5.74, 6) is 0. The molecule has 1 aromatic heterocycles. The molecule has 1 aromatic carbocycles. The highest BCUT2D eigenvalue weighted by molar-refractivity contribution is 7.87. The average Bonchev–Trinajstić information content (AvgIpc) is 2.99. The quantitative estimate of drug-likeness (QED) is 0.889. The van der Waals surface area contributed by atoms with Gasteiger partial charge in [0.1, 0.15) is 5.01 Å². The third-order valence-corrected chi connectivity index (χ3v) is 5.56. The standard InChI is InChI=1S/C13H17N3O2S2/c1-11(13-14-8-9-19-13)16(2)20(17,18)15-10-12-6-4-3-5-7-12/h3-9,11,15H,10H2,1-2H3/t11-/m1/s1. The summed E-state index contributed by atoms with van der Waals surface area (Å²) < 4.78 is 28.4. The van der Waals surface area contributed by atoms with Crippen LogP contribution in [0.25, 0.3) is 0 Å². The summed E-state index contributed by atoms with van der Waals surface area (Å²) in [6.07, 6.45) is 1.67. The third-order valence-electron chi connectivity index (χ3n) is 3.03. The zero-order chi connectivity index (χ0) is 14.6. The van der Waals surface area contributed by atoms with Gasteiger partial charge in [-0.05, 0) is 12.5 Å². The van der Waals surface area contributed by atoms with Crippen molar-refractivity contribution in [3.8, 4) is 0 Å². The van der Waals surface area contributed by atoms with Gasteiger partial charge in [0.2, 0.25) is 0 Å². The minimum atomic E-state index is -3.53. The number of nitrogens with zero attached hydrogens (tertiary/aromatic N) is 2. The largest absolute Gasteiger partial charge is 0.280 e. The summed E-state index contributed by atoms with van der Waals surface area (Å²) in [7, 11) is -1.98. The van der Waals surface area contributed by atoms with Gasteiger partial charge in [-0.3, -0.25) is 0 Å². The molecule has 0 saturated carbocycles. The molecule has 1 N–H and O–H groups in total. The van der Waals surface area contributed by atoms with Gasteiger partial charge in [-0.1, -0.05) is 30.3 Å². The van der Waals surface area contributed by atoms with Gasteiger partial charge in [-0.25, -0.2) is 4.98 Å². The number of rotatable bonds is 6. The molecule has 0 fully saturated rings. The molecule has 0 unspecified atom stereocenters. The van der Waals surface area contributed by atoms with E-state index in [1.165, 1.54) is 15.6 Å². The van der Waals surface area contributed by atoms with Crippen molar-refractivity contribution >= 4 is 21.5 Å². The number of benzene rings is 1. The highest BCUT2D eigenvalue weighted by Gasteiger charge is 2.25. The lowest BCUT2D eigenvalue weighted by Crippen LogP contribution is -2.39. The van der Waals surface area contributed by atoms with Gasteiger partial charge < -0.3 is 0 Å². The molecule has 0 bridgehead atoms. The molecule has 2 aromatic rings. The van der Waals surface area contributed by atoms with Crippen LogP contribution in [0.15, 0.2) is 41.9 Å². The van der Waals surface area contributed by atoms with Crippen LogP contribution in [0.2, 0.25) is 0 Å². The Labute approximate surface area is 123 Å². The Morgan fingerprint density at radius 2 is 2.05 bits per heavy atom. The van der Waals surface area contributed by atoms with E-state index in [9.17, 15) is 8.42 Å². The molecule has 20 heavy (non-hydrogen) atoms. The van der Waals surface area contributed by atoms with Gasteiger partial charge in [0.05, 0.1) is 6.04 Å². The molecule has 0 aliphatic rings. The average molecular weight is 311 g/mol. The number of thiazole rings is 1. The monoisotopic (exact) mass is 311 g/mol. The molecule has 1 heterocycles. The fraction of sp³-hybridized carbons (Fsp3) is 0.308. The fourth-order valence-electron chi connectivity index (χ4n) is 1.68. The molecule has 0 aliphatic heterocycles. The first-order valence-corrected chi connectivity index (χ1v) is 8.48. The molecule has 5 nitrogen and oxygen atoms in total. The zero-order valence-electron chi connectivity index (χ0n) is 11.4. The van der Waals surface area contributed by atoms with Crippen LogP contribution in [0.4, 0.5) is 0 Å².